The molecule has 1 atom stereocenters. The first-order valence-corrected chi connectivity index (χ1v) is 8.45. The van der Waals surface area contributed by atoms with Crippen LogP contribution in [0.2, 0.25) is 0 Å². The number of thioether (sulfide) groups is 1. The summed E-state index contributed by atoms with van der Waals surface area (Å²) in [5.74, 6) is 1.34. The number of hydrogen-bond donors (Lipinski definition) is 0. The summed E-state index contributed by atoms with van der Waals surface area (Å²) in [5.41, 5.74) is 1.06. The molecule has 1 fully saturated rings. The first-order chi connectivity index (χ1) is 11.2. The molecule has 6 heteroatoms. The van der Waals surface area contributed by atoms with Gasteiger partial charge in [0.25, 0.3) is 0 Å². The summed E-state index contributed by atoms with van der Waals surface area (Å²) in [6.07, 6.45) is 1.35. The Bertz CT molecular complexity index is 656. The molecule has 2 amide bonds. The van der Waals surface area contributed by atoms with Gasteiger partial charge in [0.15, 0.2) is 0 Å². The van der Waals surface area contributed by atoms with E-state index >= 15 is 0 Å². The minimum absolute atomic E-state index is 0.0396. The summed E-state index contributed by atoms with van der Waals surface area (Å²) in [6, 6.07) is 13.6. The van der Waals surface area contributed by atoms with E-state index in [1.165, 1.54) is 4.90 Å². The van der Waals surface area contributed by atoms with E-state index in [-0.39, 0.29) is 24.2 Å². The number of benzene rings is 1. The van der Waals surface area contributed by atoms with Crippen molar-refractivity contribution in [3.8, 4) is 0 Å². The second-order valence-corrected chi connectivity index (χ2v) is 6.34. The van der Waals surface area contributed by atoms with Gasteiger partial charge in [0.1, 0.15) is 12.4 Å². The van der Waals surface area contributed by atoms with E-state index in [2.05, 4.69) is 0 Å². The zero-order valence-electron chi connectivity index (χ0n) is 12.5. The average molecular weight is 331 g/mol. The van der Waals surface area contributed by atoms with E-state index in [1.807, 2.05) is 42.5 Å². The van der Waals surface area contributed by atoms with E-state index < -0.39 is 6.09 Å². The Hall–Kier alpha value is -2.21. The van der Waals surface area contributed by atoms with Crippen LogP contribution in [0.4, 0.5) is 4.79 Å². The minimum Gasteiger partial charge on any atom is -0.468 e. The number of imide groups is 1. The molecule has 0 spiro atoms. The van der Waals surface area contributed by atoms with E-state index in [0.717, 1.165) is 11.3 Å². The summed E-state index contributed by atoms with van der Waals surface area (Å²) >= 11 is 1.63. The zero-order valence-corrected chi connectivity index (χ0v) is 13.3. The van der Waals surface area contributed by atoms with Crippen LogP contribution in [0.15, 0.2) is 53.1 Å². The van der Waals surface area contributed by atoms with Crippen LogP contribution in [-0.2, 0) is 15.3 Å². The number of furan rings is 1. The predicted octanol–water partition coefficient (Wildman–Crippen LogP) is 3.62. The van der Waals surface area contributed by atoms with E-state index in [9.17, 15) is 9.59 Å². The third-order valence-electron chi connectivity index (χ3n) is 3.60. The van der Waals surface area contributed by atoms with Crippen LogP contribution in [0, 0.1) is 0 Å². The molecule has 1 aliphatic heterocycles. The van der Waals surface area contributed by atoms with Gasteiger partial charge in [-0.05, 0) is 17.7 Å². The normalized spacial score (nSPS) is 15.5. The van der Waals surface area contributed by atoms with Gasteiger partial charge >= 0.3 is 6.09 Å². The van der Waals surface area contributed by atoms with Gasteiger partial charge in [-0.15, -0.1) is 11.8 Å². The maximum Gasteiger partial charge on any atom is 0.416 e. The van der Waals surface area contributed by atoms with E-state index in [4.69, 9.17) is 9.15 Å². The summed E-state index contributed by atoms with van der Waals surface area (Å²) in [4.78, 5) is 25.1. The second-order valence-electron chi connectivity index (χ2n) is 5.15. The van der Waals surface area contributed by atoms with Crippen LogP contribution in [0.1, 0.15) is 23.0 Å². The largest absolute Gasteiger partial charge is 0.468 e. The van der Waals surface area contributed by atoms with Crippen molar-refractivity contribution in [2.24, 2.45) is 0 Å². The summed E-state index contributed by atoms with van der Waals surface area (Å²) in [6.45, 7) is 0.613. The lowest BCUT2D eigenvalue weighted by molar-refractivity contribution is -0.127. The van der Waals surface area contributed by atoms with Gasteiger partial charge in [-0.2, -0.15) is 0 Å². The van der Waals surface area contributed by atoms with Gasteiger partial charge in [0.2, 0.25) is 5.91 Å². The third-order valence-corrected chi connectivity index (χ3v) is 4.89. The van der Waals surface area contributed by atoms with Gasteiger partial charge in [-0.1, -0.05) is 30.3 Å². The van der Waals surface area contributed by atoms with Crippen LogP contribution >= 0.6 is 11.8 Å². The van der Waals surface area contributed by atoms with Crippen LogP contribution in [0.5, 0.6) is 0 Å². The number of amides is 2. The first kappa shape index (κ1) is 15.7. The highest BCUT2D eigenvalue weighted by atomic mass is 32.2. The molecule has 23 heavy (non-hydrogen) atoms. The minimum atomic E-state index is -0.544. The number of rotatable bonds is 6. The molecule has 0 N–H and O–H groups in total. The van der Waals surface area contributed by atoms with Crippen LogP contribution in [0.25, 0.3) is 0 Å². The third kappa shape index (κ3) is 3.96. The van der Waals surface area contributed by atoms with Crippen LogP contribution in [0.3, 0.4) is 0 Å². The number of carbonyl (C=O) groups excluding carboxylic acids is 2. The van der Waals surface area contributed by atoms with Gasteiger partial charge < -0.3 is 9.15 Å². The van der Waals surface area contributed by atoms with Gasteiger partial charge in [0, 0.05) is 11.7 Å². The van der Waals surface area contributed by atoms with Gasteiger partial charge in [0.05, 0.1) is 18.6 Å². The summed E-state index contributed by atoms with van der Waals surface area (Å²) < 4.78 is 10.2. The molecule has 1 aromatic heterocycles. The Kier molecular flexibility index (Phi) is 5.02. The SMILES string of the molecule is O=C(C[C@@H](SCc1ccco1)c1ccccc1)N1CCOC1=O. The van der Waals surface area contributed by atoms with Crippen molar-refractivity contribution in [2.75, 3.05) is 13.2 Å². The fraction of sp³-hybridized carbons (Fsp3) is 0.294. The molecule has 2 heterocycles. The van der Waals surface area contributed by atoms with Crippen molar-refractivity contribution in [1.29, 1.82) is 0 Å². The Morgan fingerprint density at radius 2 is 2.04 bits per heavy atom. The zero-order chi connectivity index (χ0) is 16.1. The standard InChI is InChI=1S/C17H17NO4S/c19-16(18-8-10-22-17(18)20)11-15(13-5-2-1-3-6-13)23-12-14-7-4-9-21-14/h1-7,9,15H,8,10-12H2/t15-/m1/s1. The molecule has 2 aromatic rings. The fourth-order valence-corrected chi connectivity index (χ4v) is 3.55. The fourth-order valence-electron chi connectivity index (χ4n) is 2.41. The number of carbonyl (C=O) groups is 2. The molecular weight excluding hydrogens is 314 g/mol. The van der Waals surface area contributed by atoms with Crippen LogP contribution < -0.4 is 0 Å². The monoisotopic (exact) mass is 331 g/mol. The van der Waals surface area contributed by atoms with Crippen molar-refractivity contribution >= 4 is 23.8 Å². The highest BCUT2D eigenvalue weighted by Gasteiger charge is 2.30. The smallest absolute Gasteiger partial charge is 0.416 e. The summed E-state index contributed by atoms with van der Waals surface area (Å²) in [5, 5.41) is -0.0396. The van der Waals surface area contributed by atoms with E-state index in [0.29, 0.717) is 12.3 Å². The van der Waals surface area contributed by atoms with Crippen molar-refractivity contribution in [1.82, 2.24) is 4.90 Å². The number of ether oxygens (including phenoxy) is 1. The van der Waals surface area contributed by atoms with Crippen LogP contribution in [-0.4, -0.2) is 30.1 Å². The lowest BCUT2D eigenvalue weighted by Crippen LogP contribution is -2.32. The Labute approximate surface area is 138 Å². The first-order valence-electron chi connectivity index (χ1n) is 7.40. The van der Waals surface area contributed by atoms with Crippen molar-refractivity contribution in [3.63, 3.8) is 0 Å². The number of cyclic esters (lactones) is 1. The summed E-state index contributed by atoms with van der Waals surface area (Å²) in [7, 11) is 0. The lowest BCUT2D eigenvalue weighted by Gasteiger charge is -2.18. The molecule has 1 aromatic carbocycles. The topological polar surface area (TPSA) is 59.8 Å². The molecule has 0 saturated carbocycles. The molecule has 0 aliphatic carbocycles. The molecular formula is C17H17NO4S. The molecule has 1 saturated heterocycles. The molecule has 0 bridgehead atoms. The van der Waals surface area contributed by atoms with Crippen molar-refractivity contribution in [2.45, 2.75) is 17.4 Å². The quantitative estimate of drug-likeness (QED) is 0.809. The van der Waals surface area contributed by atoms with Crippen molar-refractivity contribution < 1.29 is 18.7 Å². The molecule has 120 valence electrons. The van der Waals surface area contributed by atoms with Gasteiger partial charge in [-0.3, -0.25) is 4.79 Å². The number of hydrogen-bond acceptors (Lipinski definition) is 5. The highest BCUT2D eigenvalue weighted by molar-refractivity contribution is 7.98. The Balaban J connectivity index is 1.69. The van der Waals surface area contributed by atoms with E-state index in [1.54, 1.807) is 18.0 Å². The maximum absolute atomic E-state index is 12.4. The Morgan fingerprint density at radius 3 is 2.70 bits per heavy atom. The van der Waals surface area contributed by atoms with Gasteiger partial charge in [-0.25, -0.2) is 9.69 Å². The highest BCUT2D eigenvalue weighted by Crippen LogP contribution is 2.35. The Morgan fingerprint density at radius 1 is 1.22 bits per heavy atom. The maximum atomic E-state index is 12.4. The molecule has 5 nitrogen and oxygen atoms in total. The predicted molar refractivity (Wildman–Crippen MR) is 86.9 cm³/mol. The average Bonchev–Trinajstić information content (AvgIpc) is 3.23. The lowest BCUT2D eigenvalue weighted by atomic mass is 10.1. The molecule has 3 rings (SSSR count). The molecule has 1 aliphatic rings. The molecule has 0 radical (unpaired) electrons. The second kappa shape index (κ2) is 7.37. The van der Waals surface area contributed by atoms with Crippen molar-refractivity contribution in [3.05, 3.63) is 60.1 Å². The molecule has 0 unspecified atom stereocenters. The number of nitrogens with zero attached hydrogens (tertiary/aromatic N) is 1.